The van der Waals surface area contributed by atoms with E-state index in [9.17, 15) is 0 Å². The zero-order valence-electron chi connectivity index (χ0n) is 9.75. The Bertz CT molecular complexity index is 512. The molecule has 0 unspecified atom stereocenters. The molecule has 1 aromatic carbocycles. The molecule has 6 heteroatoms. The van der Waals surface area contributed by atoms with Gasteiger partial charge in [-0.2, -0.15) is 0 Å². The number of nitrogens with two attached hydrogens (primary N) is 1. The summed E-state index contributed by atoms with van der Waals surface area (Å²) in [5.41, 5.74) is 6.50. The van der Waals surface area contributed by atoms with Gasteiger partial charge in [0.1, 0.15) is 12.1 Å². The maximum absolute atomic E-state index is 5.82. The van der Waals surface area contributed by atoms with Crippen LogP contribution in [0.3, 0.4) is 0 Å². The van der Waals surface area contributed by atoms with Crippen LogP contribution in [0, 0.1) is 0 Å². The fraction of sp³-hybridized carbons (Fsp3) is 0.273. The number of aryl methyl sites for hydroxylation is 1. The van der Waals surface area contributed by atoms with Crippen molar-refractivity contribution >= 4 is 17.4 Å². The summed E-state index contributed by atoms with van der Waals surface area (Å²) in [6.07, 6.45) is 1.66. The Morgan fingerprint density at radius 2 is 2.24 bits per heavy atom. The van der Waals surface area contributed by atoms with Gasteiger partial charge in [-0.25, -0.2) is 0 Å². The zero-order chi connectivity index (χ0) is 12.3. The topological polar surface area (TPSA) is 66.0 Å². The minimum atomic E-state index is 0.623. The molecular weight excluding hydrogens is 236 g/mol. The van der Waals surface area contributed by atoms with Gasteiger partial charge in [-0.1, -0.05) is 0 Å². The van der Waals surface area contributed by atoms with E-state index >= 15 is 0 Å². The van der Waals surface area contributed by atoms with Crippen LogP contribution in [0.4, 0.5) is 5.69 Å². The van der Waals surface area contributed by atoms with E-state index in [0.717, 1.165) is 15.8 Å². The molecule has 90 valence electrons. The zero-order valence-corrected chi connectivity index (χ0v) is 10.6. The van der Waals surface area contributed by atoms with Crippen molar-refractivity contribution in [3.05, 3.63) is 24.5 Å². The van der Waals surface area contributed by atoms with E-state index in [1.54, 1.807) is 6.33 Å². The first-order valence-electron chi connectivity index (χ1n) is 5.24. The lowest BCUT2D eigenvalue weighted by Crippen LogP contribution is -1.94. The Hall–Kier alpha value is -1.69. The average molecular weight is 250 g/mol. The van der Waals surface area contributed by atoms with Crippen LogP contribution in [0.5, 0.6) is 5.75 Å². The number of hydrogen-bond acceptors (Lipinski definition) is 5. The molecule has 2 rings (SSSR count). The third-order valence-corrected chi connectivity index (χ3v) is 3.12. The molecule has 1 heterocycles. The highest BCUT2D eigenvalue weighted by molar-refractivity contribution is 7.99. The van der Waals surface area contributed by atoms with Gasteiger partial charge in [0.05, 0.1) is 6.61 Å². The van der Waals surface area contributed by atoms with Gasteiger partial charge >= 0.3 is 0 Å². The molecular formula is C11H14N4OS. The van der Waals surface area contributed by atoms with E-state index in [2.05, 4.69) is 10.2 Å². The highest BCUT2D eigenvalue weighted by Gasteiger charge is 2.06. The summed E-state index contributed by atoms with van der Waals surface area (Å²) < 4.78 is 7.30. The van der Waals surface area contributed by atoms with Crippen molar-refractivity contribution in [3.8, 4) is 5.75 Å². The first-order valence-corrected chi connectivity index (χ1v) is 6.06. The van der Waals surface area contributed by atoms with E-state index in [-0.39, 0.29) is 0 Å². The molecule has 2 aromatic rings. The molecule has 0 amide bonds. The fourth-order valence-electron chi connectivity index (χ4n) is 1.37. The van der Waals surface area contributed by atoms with Gasteiger partial charge in [0.25, 0.3) is 0 Å². The summed E-state index contributed by atoms with van der Waals surface area (Å²) in [7, 11) is 1.90. The SMILES string of the molecule is CCOc1cc(N)cc(Sc2nncn2C)c1. The van der Waals surface area contributed by atoms with E-state index in [4.69, 9.17) is 10.5 Å². The summed E-state index contributed by atoms with van der Waals surface area (Å²) in [5.74, 6) is 0.775. The van der Waals surface area contributed by atoms with E-state index < -0.39 is 0 Å². The van der Waals surface area contributed by atoms with Crippen molar-refractivity contribution in [3.63, 3.8) is 0 Å². The first kappa shape index (κ1) is 11.8. The monoisotopic (exact) mass is 250 g/mol. The summed E-state index contributed by atoms with van der Waals surface area (Å²) in [6, 6.07) is 5.64. The Morgan fingerprint density at radius 3 is 2.88 bits per heavy atom. The molecule has 2 N–H and O–H groups in total. The van der Waals surface area contributed by atoms with Crippen LogP contribution in [0.25, 0.3) is 0 Å². The highest BCUT2D eigenvalue weighted by Crippen LogP contribution is 2.30. The summed E-state index contributed by atoms with van der Waals surface area (Å²) in [4.78, 5) is 0.990. The lowest BCUT2D eigenvalue weighted by molar-refractivity contribution is 0.339. The van der Waals surface area contributed by atoms with Crippen molar-refractivity contribution in [2.75, 3.05) is 12.3 Å². The molecule has 5 nitrogen and oxygen atoms in total. The number of aromatic nitrogens is 3. The maximum Gasteiger partial charge on any atom is 0.195 e. The molecule has 0 saturated heterocycles. The lowest BCUT2D eigenvalue weighted by Gasteiger charge is -2.07. The lowest BCUT2D eigenvalue weighted by atomic mass is 10.3. The van der Waals surface area contributed by atoms with E-state index in [0.29, 0.717) is 12.3 Å². The third kappa shape index (κ3) is 2.91. The average Bonchev–Trinajstić information content (AvgIpc) is 2.64. The van der Waals surface area contributed by atoms with Crippen LogP contribution in [0.15, 0.2) is 34.6 Å². The van der Waals surface area contributed by atoms with Gasteiger partial charge in [0.15, 0.2) is 5.16 Å². The van der Waals surface area contributed by atoms with Gasteiger partial charge in [0.2, 0.25) is 0 Å². The minimum absolute atomic E-state index is 0.623. The van der Waals surface area contributed by atoms with Gasteiger partial charge in [-0.3, -0.25) is 0 Å². The molecule has 0 spiro atoms. The van der Waals surface area contributed by atoms with E-state index in [1.165, 1.54) is 11.8 Å². The van der Waals surface area contributed by atoms with Crippen LogP contribution in [-0.2, 0) is 7.05 Å². The van der Waals surface area contributed by atoms with Crippen LogP contribution < -0.4 is 10.5 Å². The Morgan fingerprint density at radius 1 is 1.41 bits per heavy atom. The number of nitrogens with zero attached hydrogens (tertiary/aromatic N) is 3. The molecule has 0 aliphatic heterocycles. The van der Waals surface area contributed by atoms with Gasteiger partial charge in [-0.05, 0) is 30.8 Å². The Kier molecular flexibility index (Phi) is 3.53. The molecule has 0 aliphatic rings. The van der Waals surface area contributed by atoms with Crippen LogP contribution >= 0.6 is 11.8 Å². The number of nitrogen functional groups attached to an aromatic ring is 1. The second-order valence-corrected chi connectivity index (χ2v) is 4.54. The number of rotatable bonds is 4. The minimum Gasteiger partial charge on any atom is -0.494 e. The van der Waals surface area contributed by atoms with Crippen molar-refractivity contribution < 1.29 is 4.74 Å². The molecule has 0 atom stereocenters. The van der Waals surface area contributed by atoms with Crippen molar-refractivity contribution in [2.24, 2.45) is 7.05 Å². The predicted octanol–water partition coefficient (Wildman–Crippen LogP) is 1.95. The second kappa shape index (κ2) is 5.09. The number of hydrogen-bond donors (Lipinski definition) is 1. The van der Waals surface area contributed by atoms with Crippen LogP contribution in [-0.4, -0.2) is 21.4 Å². The number of anilines is 1. The highest BCUT2D eigenvalue weighted by atomic mass is 32.2. The smallest absolute Gasteiger partial charge is 0.195 e. The third-order valence-electron chi connectivity index (χ3n) is 2.09. The number of ether oxygens (including phenoxy) is 1. The summed E-state index contributed by atoms with van der Waals surface area (Å²) in [6.45, 7) is 2.57. The largest absolute Gasteiger partial charge is 0.494 e. The molecule has 0 saturated carbocycles. The second-order valence-electron chi connectivity index (χ2n) is 3.50. The standard InChI is InChI=1S/C11H14N4OS/c1-3-16-9-4-8(12)5-10(6-9)17-11-14-13-7-15(11)2/h4-7H,3,12H2,1-2H3. The molecule has 0 radical (unpaired) electrons. The van der Waals surface area contributed by atoms with Crippen molar-refractivity contribution in [1.29, 1.82) is 0 Å². The molecule has 17 heavy (non-hydrogen) atoms. The Balaban J connectivity index is 2.23. The quantitative estimate of drug-likeness (QED) is 0.840. The predicted molar refractivity (Wildman–Crippen MR) is 67.1 cm³/mol. The van der Waals surface area contributed by atoms with Crippen molar-refractivity contribution in [2.45, 2.75) is 17.0 Å². The summed E-state index contributed by atoms with van der Waals surface area (Å²) in [5, 5.41) is 8.66. The maximum atomic E-state index is 5.82. The Labute approximate surface area is 104 Å². The van der Waals surface area contributed by atoms with Gasteiger partial charge < -0.3 is 15.0 Å². The molecule has 0 fully saturated rings. The number of benzene rings is 1. The van der Waals surface area contributed by atoms with Gasteiger partial charge in [0, 0.05) is 23.7 Å². The van der Waals surface area contributed by atoms with E-state index in [1.807, 2.05) is 36.7 Å². The van der Waals surface area contributed by atoms with Crippen LogP contribution in [0.1, 0.15) is 6.92 Å². The summed E-state index contributed by atoms with van der Waals surface area (Å²) >= 11 is 1.50. The van der Waals surface area contributed by atoms with Crippen molar-refractivity contribution in [1.82, 2.24) is 14.8 Å². The first-order chi connectivity index (χ1) is 8.19. The van der Waals surface area contributed by atoms with Gasteiger partial charge in [-0.15, -0.1) is 10.2 Å². The molecule has 0 aliphatic carbocycles. The molecule has 1 aromatic heterocycles. The normalized spacial score (nSPS) is 10.5. The molecule has 0 bridgehead atoms. The van der Waals surface area contributed by atoms with Crippen LogP contribution in [0.2, 0.25) is 0 Å². The fourth-order valence-corrected chi connectivity index (χ4v) is 2.23.